The van der Waals surface area contributed by atoms with Crippen LogP contribution in [-0.4, -0.2) is 18.9 Å². The van der Waals surface area contributed by atoms with Gasteiger partial charge in [0.25, 0.3) is 0 Å². The lowest BCUT2D eigenvalue weighted by atomic mass is 10.2. The number of hydrogen-bond acceptors (Lipinski definition) is 3. The number of anilines is 1. The minimum absolute atomic E-state index is 0.000651. The number of carbonyl (C=O) groups is 1. The average molecular weight is 229 g/mol. The first-order valence-corrected chi connectivity index (χ1v) is 5.68. The molecule has 0 atom stereocenters. The van der Waals surface area contributed by atoms with E-state index in [-0.39, 0.29) is 5.78 Å². The van der Waals surface area contributed by atoms with Gasteiger partial charge < -0.3 is 9.32 Å². The molecule has 2 aromatic rings. The molecule has 0 radical (unpaired) electrons. The van der Waals surface area contributed by atoms with Gasteiger partial charge in [-0.15, -0.1) is 0 Å². The Kier molecular flexibility index (Phi) is 3.60. The van der Waals surface area contributed by atoms with Crippen LogP contribution in [0, 0.1) is 0 Å². The summed E-state index contributed by atoms with van der Waals surface area (Å²) < 4.78 is 5.10. The van der Waals surface area contributed by atoms with Gasteiger partial charge in [-0.1, -0.05) is 18.2 Å². The number of hydrogen-bond donors (Lipinski definition) is 0. The van der Waals surface area contributed by atoms with E-state index < -0.39 is 0 Å². The summed E-state index contributed by atoms with van der Waals surface area (Å²) in [5.74, 6) is 0.417. The molecule has 3 heteroatoms. The topological polar surface area (TPSA) is 33.5 Å². The van der Waals surface area contributed by atoms with Crippen LogP contribution in [0.5, 0.6) is 0 Å². The maximum absolute atomic E-state index is 11.9. The van der Waals surface area contributed by atoms with Crippen LogP contribution in [0.2, 0.25) is 0 Å². The molecule has 0 fully saturated rings. The van der Waals surface area contributed by atoms with Crippen LogP contribution >= 0.6 is 0 Å². The van der Waals surface area contributed by atoms with Gasteiger partial charge in [-0.05, 0) is 31.2 Å². The highest BCUT2D eigenvalue weighted by Crippen LogP contribution is 2.13. The van der Waals surface area contributed by atoms with Crippen LogP contribution in [0.15, 0.2) is 53.1 Å². The van der Waals surface area contributed by atoms with Crippen molar-refractivity contribution >= 4 is 11.5 Å². The number of nitrogens with zero attached hydrogens (tertiary/aromatic N) is 1. The summed E-state index contributed by atoms with van der Waals surface area (Å²) in [5.41, 5.74) is 1.05. The van der Waals surface area contributed by atoms with Gasteiger partial charge in [0.15, 0.2) is 5.76 Å². The zero-order valence-electron chi connectivity index (χ0n) is 9.80. The Labute approximate surface area is 101 Å². The second-order valence-corrected chi connectivity index (χ2v) is 3.75. The van der Waals surface area contributed by atoms with E-state index in [1.165, 1.54) is 6.26 Å². The highest BCUT2D eigenvalue weighted by molar-refractivity contribution is 5.96. The van der Waals surface area contributed by atoms with E-state index in [9.17, 15) is 4.79 Å². The second kappa shape index (κ2) is 5.34. The van der Waals surface area contributed by atoms with Crippen LogP contribution in [0.4, 0.5) is 5.69 Å². The lowest BCUT2D eigenvalue weighted by Gasteiger charge is -2.21. The Morgan fingerprint density at radius 1 is 1.18 bits per heavy atom. The number of rotatable bonds is 5. The SMILES string of the molecule is CCN(CC(=O)c1ccco1)c1ccccc1. The fourth-order valence-corrected chi connectivity index (χ4v) is 1.71. The number of furan rings is 1. The molecule has 0 N–H and O–H groups in total. The highest BCUT2D eigenvalue weighted by atomic mass is 16.3. The fraction of sp³-hybridized carbons (Fsp3) is 0.214. The molecule has 17 heavy (non-hydrogen) atoms. The summed E-state index contributed by atoms with van der Waals surface area (Å²) in [6, 6.07) is 13.3. The van der Waals surface area contributed by atoms with Crippen LogP contribution in [0.1, 0.15) is 17.5 Å². The molecule has 0 aliphatic rings. The van der Waals surface area contributed by atoms with E-state index in [1.807, 2.05) is 42.2 Å². The van der Waals surface area contributed by atoms with Crippen molar-refractivity contribution in [2.24, 2.45) is 0 Å². The van der Waals surface area contributed by atoms with Crippen LogP contribution in [0.25, 0.3) is 0 Å². The molecule has 0 saturated heterocycles. The summed E-state index contributed by atoms with van der Waals surface area (Å²) in [4.78, 5) is 13.9. The van der Waals surface area contributed by atoms with Gasteiger partial charge in [-0.2, -0.15) is 0 Å². The smallest absolute Gasteiger partial charge is 0.217 e. The molecule has 0 amide bonds. The van der Waals surface area contributed by atoms with Gasteiger partial charge in [-0.25, -0.2) is 0 Å². The molecule has 0 aliphatic carbocycles. The lowest BCUT2D eigenvalue weighted by Crippen LogP contribution is -2.29. The van der Waals surface area contributed by atoms with Crippen molar-refractivity contribution in [2.45, 2.75) is 6.92 Å². The zero-order chi connectivity index (χ0) is 12.1. The zero-order valence-corrected chi connectivity index (χ0v) is 9.80. The Morgan fingerprint density at radius 2 is 1.94 bits per heavy atom. The van der Waals surface area contributed by atoms with Crippen molar-refractivity contribution < 1.29 is 9.21 Å². The number of benzene rings is 1. The molecule has 1 heterocycles. The summed E-state index contributed by atoms with van der Waals surface area (Å²) in [5, 5.41) is 0. The highest BCUT2D eigenvalue weighted by Gasteiger charge is 2.13. The summed E-state index contributed by atoms with van der Waals surface area (Å²) in [6.07, 6.45) is 1.52. The summed E-state index contributed by atoms with van der Waals surface area (Å²) in [6.45, 7) is 3.16. The second-order valence-electron chi connectivity index (χ2n) is 3.75. The van der Waals surface area contributed by atoms with Crippen molar-refractivity contribution in [3.8, 4) is 0 Å². The molecule has 88 valence electrons. The molecular formula is C14H15NO2. The monoisotopic (exact) mass is 229 g/mol. The third-order valence-corrected chi connectivity index (χ3v) is 2.63. The third-order valence-electron chi connectivity index (χ3n) is 2.63. The number of carbonyl (C=O) groups excluding carboxylic acids is 1. The molecule has 0 unspecified atom stereocenters. The minimum Gasteiger partial charge on any atom is -0.461 e. The minimum atomic E-state index is 0.000651. The molecule has 2 rings (SSSR count). The van der Waals surface area contributed by atoms with Crippen molar-refractivity contribution in [3.05, 3.63) is 54.5 Å². The Morgan fingerprint density at radius 3 is 2.53 bits per heavy atom. The maximum atomic E-state index is 11.9. The van der Waals surface area contributed by atoms with E-state index in [2.05, 4.69) is 0 Å². The Balaban J connectivity index is 2.09. The molecule has 0 aliphatic heterocycles. The van der Waals surface area contributed by atoms with E-state index in [1.54, 1.807) is 12.1 Å². The first kappa shape index (κ1) is 11.5. The van der Waals surface area contributed by atoms with Gasteiger partial charge in [0, 0.05) is 12.2 Å². The van der Waals surface area contributed by atoms with E-state index in [4.69, 9.17) is 4.42 Å². The van der Waals surface area contributed by atoms with Crippen molar-refractivity contribution in [1.82, 2.24) is 0 Å². The lowest BCUT2D eigenvalue weighted by molar-refractivity contribution is 0.0973. The Hall–Kier alpha value is -2.03. The van der Waals surface area contributed by atoms with E-state index in [0.29, 0.717) is 12.3 Å². The van der Waals surface area contributed by atoms with Crippen molar-refractivity contribution in [1.29, 1.82) is 0 Å². The summed E-state index contributed by atoms with van der Waals surface area (Å²) in [7, 11) is 0. The standard InChI is InChI=1S/C14H15NO2/c1-2-15(12-7-4-3-5-8-12)11-13(16)14-9-6-10-17-14/h3-10H,2,11H2,1H3. The van der Waals surface area contributed by atoms with E-state index >= 15 is 0 Å². The quantitative estimate of drug-likeness (QED) is 0.739. The molecule has 3 nitrogen and oxygen atoms in total. The molecule has 0 bridgehead atoms. The van der Waals surface area contributed by atoms with Crippen molar-refractivity contribution in [3.63, 3.8) is 0 Å². The number of para-hydroxylation sites is 1. The van der Waals surface area contributed by atoms with Crippen LogP contribution < -0.4 is 4.90 Å². The van der Waals surface area contributed by atoms with Gasteiger partial charge in [0.1, 0.15) is 0 Å². The number of ketones is 1. The van der Waals surface area contributed by atoms with Gasteiger partial charge in [0.05, 0.1) is 12.8 Å². The van der Waals surface area contributed by atoms with Gasteiger partial charge in [-0.3, -0.25) is 4.79 Å². The normalized spacial score (nSPS) is 10.2. The number of Topliss-reactive ketones (excluding diaryl/α,β-unsaturated/α-hetero) is 1. The van der Waals surface area contributed by atoms with Gasteiger partial charge >= 0.3 is 0 Å². The predicted molar refractivity (Wildman–Crippen MR) is 67.4 cm³/mol. The first-order chi connectivity index (χ1) is 8.31. The van der Waals surface area contributed by atoms with Gasteiger partial charge in [0.2, 0.25) is 5.78 Å². The molecule has 1 aromatic carbocycles. The van der Waals surface area contributed by atoms with Crippen LogP contribution in [0.3, 0.4) is 0 Å². The molecule has 1 aromatic heterocycles. The molecule has 0 spiro atoms. The summed E-state index contributed by atoms with van der Waals surface area (Å²) >= 11 is 0. The predicted octanol–water partition coefficient (Wildman–Crippen LogP) is 2.99. The molecule has 0 saturated carbocycles. The largest absolute Gasteiger partial charge is 0.461 e. The fourth-order valence-electron chi connectivity index (χ4n) is 1.71. The van der Waals surface area contributed by atoms with Crippen LogP contribution in [-0.2, 0) is 0 Å². The average Bonchev–Trinajstić information content (AvgIpc) is 2.90. The molecular weight excluding hydrogens is 214 g/mol. The van der Waals surface area contributed by atoms with Crippen molar-refractivity contribution in [2.75, 3.05) is 18.0 Å². The third kappa shape index (κ3) is 2.75. The first-order valence-electron chi connectivity index (χ1n) is 5.68. The van der Waals surface area contributed by atoms with E-state index in [0.717, 1.165) is 12.2 Å². The Bertz CT molecular complexity index is 462. The maximum Gasteiger partial charge on any atom is 0.217 e. The number of likely N-dealkylation sites (N-methyl/N-ethyl adjacent to an activating group) is 1.